The number of ether oxygens (including phenoxy) is 2. The van der Waals surface area contributed by atoms with E-state index < -0.39 is 11.8 Å². The molecule has 0 spiro atoms. The van der Waals surface area contributed by atoms with E-state index in [1.807, 2.05) is 0 Å². The van der Waals surface area contributed by atoms with Crippen molar-refractivity contribution in [3.63, 3.8) is 0 Å². The number of nitrogens with zero attached hydrogens (tertiary/aromatic N) is 1. The number of amides is 2. The smallest absolute Gasteiger partial charge is 0.270 e. The number of hydrogen-bond donors (Lipinski definition) is 1. The van der Waals surface area contributed by atoms with E-state index >= 15 is 0 Å². The number of halogens is 4. The average Bonchev–Trinajstić information content (AvgIpc) is 2.81. The van der Waals surface area contributed by atoms with Crippen molar-refractivity contribution >= 4 is 98.3 Å². The van der Waals surface area contributed by atoms with Gasteiger partial charge in [0.1, 0.15) is 12.2 Å². The number of methoxy groups -OCH3 is 1. The summed E-state index contributed by atoms with van der Waals surface area (Å²) in [5, 5.41) is 3.98. The highest BCUT2D eigenvalue weighted by molar-refractivity contribution is 14.1. The molecular formula is C25H16Cl3IN2O4S. The van der Waals surface area contributed by atoms with Crippen LogP contribution in [0.2, 0.25) is 15.1 Å². The minimum Gasteiger partial charge on any atom is -0.493 e. The number of hydrogen-bond acceptors (Lipinski definition) is 5. The molecule has 6 nitrogen and oxygen atoms in total. The second kappa shape index (κ2) is 11.4. The van der Waals surface area contributed by atoms with E-state index in [0.29, 0.717) is 41.4 Å². The largest absolute Gasteiger partial charge is 0.493 e. The Bertz CT molecular complexity index is 1430. The number of anilines is 1. The van der Waals surface area contributed by atoms with Crippen molar-refractivity contribution in [3.8, 4) is 11.5 Å². The van der Waals surface area contributed by atoms with E-state index in [1.54, 1.807) is 54.6 Å². The number of nitrogens with one attached hydrogen (secondary N) is 1. The van der Waals surface area contributed by atoms with E-state index in [-0.39, 0.29) is 17.3 Å². The third-order valence-electron chi connectivity index (χ3n) is 5.12. The molecule has 1 aliphatic heterocycles. The number of rotatable bonds is 6. The number of carbonyl (C=O) groups excluding carboxylic acids is 2. The average molecular weight is 674 g/mol. The normalized spacial score (nSPS) is 14.8. The molecule has 0 radical (unpaired) electrons. The summed E-state index contributed by atoms with van der Waals surface area (Å²) in [4.78, 5) is 27.2. The van der Waals surface area contributed by atoms with Crippen LogP contribution in [0.25, 0.3) is 6.08 Å². The fourth-order valence-electron chi connectivity index (χ4n) is 3.43. The summed E-state index contributed by atoms with van der Waals surface area (Å²) in [6.07, 6.45) is 1.47. The molecule has 0 bridgehead atoms. The van der Waals surface area contributed by atoms with Gasteiger partial charge in [-0.25, -0.2) is 0 Å². The van der Waals surface area contributed by atoms with Crippen LogP contribution in [-0.2, 0) is 16.2 Å². The molecule has 1 fully saturated rings. The molecule has 0 aliphatic carbocycles. The molecule has 0 aromatic heterocycles. The van der Waals surface area contributed by atoms with Crippen LogP contribution in [0.5, 0.6) is 11.5 Å². The van der Waals surface area contributed by atoms with Gasteiger partial charge in [-0.3, -0.25) is 19.8 Å². The molecule has 36 heavy (non-hydrogen) atoms. The van der Waals surface area contributed by atoms with Gasteiger partial charge in [0.2, 0.25) is 0 Å². The summed E-state index contributed by atoms with van der Waals surface area (Å²) >= 11 is 25.6. The van der Waals surface area contributed by atoms with Gasteiger partial charge < -0.3 is 9.47 Å². The standard InChI is InChI=1S/C25H16Cl3IN2O4S/c1-34-21-9-13(8-20(29)22(21)35-12-14-5-6-16(27)11-19(14)28)7-18-23(32)30-25(36)31(24(18)33)17-4-2-3-15(26)10-17/h2-11H,12H2,1H3,(H,30,32,36)/b18-7+. The van der Waals surface area contributed by atoms with Gasteiger partial charge in [-0.2, -0.15) is 0 Å². The SMILES string of the molecule is COc1cc(/C=C2\C(=O)NC(=S)N(c3cccc(Cl)c3)C2=O)cc(I)c1OCc1ccc(Cl)cc1Cl. The summed E-state index contributed by atoms with van der Waals surface area (Å²) in [5.41, 5.74) is 1.67. The number of carbonyl (C=O) groups is 2. The fraction of sp³-hybridized carbons (Fsp3) is 0.0800. The van der Waals surface area contributed by atoms with Crippen LogP contribution in [0.15, 0.2) is 60.2 Å². The van der Waals surface area contributed by atoms with Crippen LogP contribution in [0.3, 0.4) is 0 Å². The first-order chi connectivity index (χ1) is 17.2. The van der Waals surface area contributed by atoms with Crippen molar-refractivity contribution in [2.75, 3.05) is 12.0 Å². The van der Waals surface area contributed by atoms with Crippen molar-refractivity contribution in [3.05, 3.63) is 89.9 Å². The lowest BCUT2D eigenvalue weighted by atomic mass is 10.1. The maximum absolute atomic E-state index is 13.3. The molecule has 1 N–H and O–H groups in total. The van der Waals surface area contributed by atoms with Gasteiger partial charge in [0.05, 0.1) is 16.4 Å². The first kappa shape index (κ1) is 26.7. The Kier molecular flexibility index (Phi) is 8.41. The number of benzene rings is 3. The molecule has 184 valence electrons. The summed E-state index contributed by atoms with van der Waals surface area (Å²) < 4.78 is 12.2. The van der Waals surface area contributed by atoms with Gasteiger partial charge in [-0.1, -0.05) is 46.9 Å². The molecule has 11 heteroatoms. The Morgan fingerprint density at radius 2 is 1.81 bits per heavy atom. The Balaban J connectivity index is 1.64. The van der Waals surface area contributed by atoms with Crippen LogP contribution in [0, 0.1) is 3.57 Å². The Hall–Kier alpha value is -2.37. The van der Waals surface area contributed by atoms with Gasteiger partial charge in [0.25, 0.3) is 11.8 Å². The highest BCUT2D eigenvalue weighted by atomic mass is 127. The zero-order valence-corrected chi connectivity index (χ0v) is 23.7. The van der Waals surface area contributed by atoms with E-state index in [0.717, 1.165) is 5.56 Å². The lowest BCUT2D eigenvalue weighted by Crippen LogP contribution is -2.54. The van der Waals surface area contributed by atoms with Crippen LogP contribution >= 0.6 is 69.6 Å². The number of thiocarbonyl (C=S) groups is 1. The zero-order valence-electron chi connectivity index (χ0n) is 18.5. The molecule has 1 saturated heterocycles. The van der Waals surface area contributed by atoms with Crippen LogP contribution < -0.4 is 19.7 Å². The molecular weight excluding hydrogens is 658 g/mol. The molecule has 3 aromatic rings. The summed E-state index contributed by atoms with van der Waals surface area (Å²) in [6.45, 7) is 0.190. The molecule has 0 saturated carbocycles. The molecule has 0 unspecified atom stereocenters. The van der Waals surface area contributed by atoms with Crippen LogP contribution in [-0.4, -0.2) is 24.0 Å². The van der Waals surface area contributed by atoms with E-state index in [4.69, 9.17) is 56.5 Å². The minimum absolute atomic E-state index is 0.0267. The maximum atomic E-state index is 13.3. The van der Waals surface area contributed by atoms with Crippen molar-refractivity contribution in [1.29, 1.82) is 0 Å². The lowest BCUT2D eigenvalue weighted by Gasteiger charge is -2.29. The highest BCUT2D eigenvalue weighted by Gasteiger charge is 2.34. The second-order valence-corrected chi connectivity index (χ2v) is 10.3. The monoisotopic (exact) mass is 672 g/mol. The second-order valence-electron chi connectivity index (χ2n) is 7.50. The van der Waals surface area contributed by atoms with E-state index in [2.05, 4.69) is 27.9 Å². The highest BCUT2D eigenvalue weighted by Crippen LogP contribution is 2.36. The maximum Gasteiger partial charge on any atom is 0.270 e. The summed E-state index contributed by atoms with van der Waals surface area (Å²) in [6, 6.07) is 15.2. The molecule has 0 atom stereocenters. The third kappa shape index (κ3) is 5.78. The van der Waals surface area contributed by atoms with Crippen LogP contribution in [0.1, 0.15) is 11.1 Å². The fourth-order valence-corrected chi connectivity index (χ4v) is 5.14. The van der Waals surface area contributed by atoms with Crippen molar-refractivity contribution in [2.45, 2.75) is 6.61 Å². The Morgan fingerprint density at radius 3 is 2.50 bits per heavy atom. The van der Waals surface area contributed by atoms with Gasteiger partial charge in [-0.05, 0) is 88.9 Å². The molecule has 1 heterocycles. The molecule has 4 rings (SSSR count). The third-order valence-corrected chi connectivity index (χ3v) is 7.03. The topological polar surface area (TPSA) is 67.9 Å². The molecule has 1 aliphatic rings. The summed E-state index contributed by atoms with van der Waals surface area (Å²) in [7, 11) is 1.50. The quantitative estimate of drug-likeness (QED) is 0.137. The van der Waals surface area contributed by atoms with Gasteiger partial charge in [-0.15, -0.1) is 0 Å². The zero-order chi connectivity index (χ0) is 26.0. The van der Waals surface area contributed by atoms with Crippen LogP contribution in [0.4, 0.5) is 5.69 Å². The predicted molar refractivity (Wildman–Crippen MR) is 154 cm³/mol. The minimum atomic E-state index is -0.602. The van der Waals surface area contributed by atoms with Gasteiger partial charge in [0, 0.05) is 20.6 Å². The van der Waals surface area contributed by atoms with E-state index in [9.17, 15) is 9.59 Å². The first-order valence-corrected chi connectivity index (χ1v) is 12.9. The van der Waals surface area contributed by atoms with Crippen molar-refractivity contribution in [1.82, 2.24) is 5.32 Å². The first-order valence-electron chi connectivity index (χ1n) is 10.3. The molecule has 2 amide bonds. The molecule has 3 aromatic carbocycles. The van der Waals surface area contributed by atoms with E-state index in [1.165, 1.54) is 18.1 Å². The van der Waals surface area contributed by atoms with Gasteiger partial charge >= 0.3 is 0 Å². The lowest BCUT2D eigenvalue weighted by molar-refractivity contribution is -0.122. The van der Waals surface area contributed by atoms with Gasteiger partial charge in [0.15, 0.2) is 16.6 Å². The Morgan fingerprint density at radius 1 is 1.06 bits per heavy atom. The van der Waals surface area contributed by atoms with Crippen molar-refractivity contribution < 1.29 is 19.1 Å². The predicted octanol–water partition coefficient (Wildman–Crippen LogP) is 6.67. The summed E-state index contributed by atoms with van der Waals surface area (Å²) in [5.74, 6) is -0.259. The Labute approximate surface area is 241 Å². The van der Waals surface area contributed by atoms with Crippen molar-refractivity contribution in [2.24, 2.45) is 0 Å².